The first-order chi connectivity index (χ1) is 15.8. The van der Waals surface area contributed by atoms with Crippen LogP contribution in [0, 0.1) is 5.92 Å². The Morgan fingerprint density at radius 3 is 2.36 bits per heavy atom. The first kappa shape index (κ1) is 23.7. The summed E-state index contributed by atoms with van der Waals surface area (Å²) in [5, 5.41) is 3.42. The number of amides is 2. The molecule has 0 spiro atoms. The number of benzene rings is 2. The van der Waals surface area contributed by atoms with E-state index in [2.05, 4.69) is 5.32 Å². The molecule has 2 aliphatic rings. The van der Waals surface area contributed by atoms with Crippen molar-refractivity contribution in [3.63, 3.8) is 0 Å². The van der Waals surface area contributed by atoms with Gasteiger partial charge in [0.2, 0.25) is 21.8 Å². The average molecular weight is 490 g/mol. The van der Waals surface area contributed by atoms with Crippen LogP contribution >= 0.6 is 11.6 Å². The van der Waals surface area contributed by atoms with Crippen LogP contribution in [-0.4, -0.2) is 49.1 Å². The maximum atomic E-state index is 12.9. The minimum atomic E-state index is -3.66. The third kappa shape index (κ3) is 5.75. The second kappa shape index (κ2) is 10.2. The van der Waals surface area contributed by atoms with Crippen LogP contribution in [-0.2, 0) is 32.7 Å². The molecule has 0 aliphatic carbocycles. The summed E-state index contributed by atoms with van der Waals surface area (Å²) in [5.74, 6) is -0.329. The number of carbonyl (C=O) groups excluding carboxylic acids is 2. The molecule has 2 heterocycles. The molecule has 9 heteroatoms. The zero-order chi connectivity index (χ0) is 23.4. The number of nitrogens with one attached hydrogen (secondary N) is 1. The molecule has 176 valence electrons. The van der Waals surface area contributed by atoms with Crippen molar-refractivity contribution in [2.24, 2.45) is 5.92 Å². The van der Waals surface area contributed by atoms with Gasteiger partial charge in [0.1, 0.15) is 0 Å². The molecule has 2 aliphatic heterocycles. The fraction of sp³-hybridized carbons (Fsp3) is 0.417. The molecule has 0 aromatic heterocycles. The van der Waals surface area contributed by atoms with E-state index in [0.717, 1.165) is 24.1 Å². The number of halogens is 1. The minimum Gasteiger partial charge on any atom is -0.352 e. The van der Waals surface area contributed by atoms with Gasteiger partial charge in [0.15, 0.2) is 0 Å². The molecule has 1 N–H and O–H groups in total. The van der Waals surface area contributed by atoms with Crippen LogP contribution in [0.15, 0.2) is 53.4 Å². The third-order valence-electron chi connectivity index (χ3n) is 6.24. The predicted octanol–water partition coefficient (Wildman–Crippen LogP) is 3.18. The summed E-state index contributed by atoms with van der Waals surface area (Å²) in [5.41, 5.74) is 2.02. The van der Waals surface area contributed by atoms with Crippen molar-refractivity contribution < 1.29 is 18.0 Å². The normalized spacial score (nSPS) is 19.6. The van der Waals surface area contributed by atoms with E-state index >= 15 is 0 Å². The van der Waals surface area contributed by atoms with E-state index in [0.29, 0.717) is 43.9 Å². The Labute approximate surface area is 199 Å². The lowest BCUT2D eigenvalue weighted by Crippen LogP contribution is -2.45. The van der Waals surface area contributed by atoms with Crippen molar-refractivity contribution in [1.82, 2.24) is 14.5 Å². The van der Waals surface area contributed by atoms with Gasteiger partial charge < -0.3 is 10.2 Å². The Morgan fingerprint density at radius 1 is 1.00 bits per heavy atom. The topological polar surface area (TPSA) is 86.8 Å². The van der Waals surface area contributed by atoms with Gasteiger partial charge in [-0.15, -0.1) is 0 Å². The first-order valence-corrected chi connectivity index (χ1v) is 13.0. The van der Waals surface area contributed by atoms with Crippen molar-refractivity contribution in [2.45, 2.75) is 43.7 Å². The van der Waals surface area contributed by atoms with Gasteiger partial charge >= 0.3 is 0 Å². The van der Waals surface area contributed by atoms with Gasteiger partial charge in [-0.2, -0.15) is 4.31 Å². The molecule has 0 saturated carbocycles. The van der Waals surface area contributed by atoms with Crippen LogP contribution < -0.4 is 5.32 Å². The molecule has 33 heavy (non-hydrogen) atoms. The molecule has 7 nitrogen and oxygen atoms in total. The van der Waals surface area contributed by atoms with E-state index in [-0.39, 0.29) is 29.2 Å². The van der Waals surface area contributed by atoms with Gasteiger partial charge in [-0.3, -0.25) is 9.59 Å². The quantitative estimate of drug-likeness (QED) is 0.647. The molecule has 2 fully saturated rings. The fourth-order valence-corrected chi connectivity index (χ4v) is 5.97. The van der Waals surface area contributed by atoms with Gasteiger partial charge in [0.05, 0.1) is 10.8 Å². The molecule has 2 aromatic rings. The largest absolute Gasteiger partial charge is 0.352 e. The summed E-state index contributed by atoms with van der Waals surface area (Å²) in [4.78, 5) is 26.6. The molecule has 0 radical (unpaired) electrons. The molecule has 1 atom stereocenters. The zero-order valence-corrected chi connectivity index (χ0v) is 19.9. The van der Waals surface area contributed by atoms with Crippen molar-refractivity contribution in [3.05, 3.63) is 64.7 Å². The van der Waals surface area contributed by atoms with Crippen molar-refractivity contribution in [1.29, 1.82) is 0 Å². The zero-order valence-electron chi connectivity index (χ0n) is 18.4. The Kier molecular flexibility index (Phi) is 7.36. The van der Waals surface area contributed by atoms with Crippen LogP contribution in [0.1, 0.15) is 36.8 Å². The number of piperidine rings is 1. The summed E-state index contributed by atoms with van der Waals surface area (Å²) in [6, 6.07) is 14.0. The van der Waals surface area contributed by atoms with Crippen LogP contribution in [0.2, 0.25) is 5.02 Å². The van der Waals surface area contributed by atoms with E-state index < -0.39 is 10.0 Å². The number of rotatable bonds is 7. The number of sulfonamides is 1. The van der Waals surface area contributed by atoms with E-state index in [9.17, 15) is 18.0 Å². The summed E-state index contributed by atoms with van der Waals surface area (Å²) < 4.78 is 27.3. The Morgan fingerprint density at radius 2 is 1.70 bits per heavy atom. The molecule has 2 aromatic carbocycles. The summed E-state index contributed by atoms with van der Waals surface area (Å²) >= 11 is 5.87. The molecule has 0 bridgehead atoms. The summed E-state index contributed by atoms with van der Waals surface area (Å²) in [7, 11) is -3.66. The summed E-state index contributed by atoms with van der Waals surface area (Å²) in [6.45, 7) is 2.37. The van der Waals surface area contributed by atoms with E-state index in [1.807, 2.05) is 29.2 Å². The van der Waals surface area contributed by atoms with Crippen LogP contribution in [0.25, 0.3) is 0 Å². The minimum absolute atomic E-state index is 0.141. The molecular weight excluding hydrogens is 462 g/mol. The van der Waals surface area contributed by atoms with E-state index in [4.69, 9.17) is 11.6 Å². The Hall–Kier alpha value is -2.42. The van der Waals surface area contributed by atoms with Crippen molar-refractivity contribution in [2.75, 3.05) is 19.6 Å². The number of hydrogen-bond donors (Lipinski definition) is 1. The smallest absolute Gasteiger partial charge is 0.243 e. The van der Waals surface area contributed by atoms with E-state index in [1.165, 1.54) is 16.4 Å². The Bertz CT molecular complexity index is 1100. The highest BCUT2D eigenvalue weighted by Gasteiger charge is 2.33. The molecule has 2 saturated heterocycles. The molecule has 4 rings (SSSR count). The summed E-state index contributed by atoms with van der Waals surface area (Å²) in [6.07, 6.45) is 2.84. The number of hydrogen-bond acceptors (Lipinski definition) is 4. The third-order valence-corrected chi connectivity index (χ3v) is 8.37. The Balaban J connectivity index is 1.31. The predicted molar refractivity (Wildman–Crippen MR) is 126 cm³/mol. The van der Waals surface area contributed by atoms with Gasteiger partial charge in [-0.25, -0.2) is 8.42 Å². The van der Waals surface area contributed by atoms with Crippen molar-refractivity contribution in [3.8, 4) is 0 Å². The maximum Gasteiger partial charge on any atom is 0.243 e. The van der Waals surface area contributed by atoms with Crippen molar-refractivity contribution >= 4 is 33.4 Å². The van der Waals surface area contributed by atoms with Gasteiger partial charge in [-0.05, 0) is 54.7 Å². The van der Waals surface area contributed by atoms with Gasteiger partial charge in [0, 0.05) is 44.2 Å². The number of nitrogens with zero attached hydrogens (tertiary/aromatic N) is 2. The monoisotopic (exact) mass is 489 g/mol. The molecule has 1 unspecified atom stereocenters. The SMILES string of the molecule is O=C(NCc1ccc(CN2CCCC2=O)cc1)C1CCCN(S(=O)(=O)c2ccc(Cl)cc2)C1. The van der Waals surface area contributed by atoms with Crippen LogP contribution in [0.3, 0.4) is 0 Å². The van der Waals surface area contributed by atoms with E-state index in [1.54, 1.807) is 12.1 Å². The lowest BCUT2D eigenvalue weighted by Gasteiger charge is -2.31. The second-order valence-electron chi connectivity index (χ2n) is 8.61. The number of likely N-dealkylation sites (tertiary alicyclic amines) is 1. The number of carbonyl (C=O) groups is 2. The highest BCUT2D eigenvalue weighted by atomic mass is 35.5. The average Bonchev–Trinajstić information content (AvgIpc) is 3.23. The van der Waals surface area contributed by atoms with Gasteiger partial charge in [-0.1, -0.05) is 35.9 Å². The molecular formula is C24H28ClN3O4S. The highest BCUT2D eigenvalue weighted by Crippen LogP contribution is 2.25. The second-order valence-corrected chi connectivity index (χ2v) is 11.0. The lowest BCUT2D eigenvalue weighted by atomic mass is 9.98. The van der Waals surface area contributed by atoms with Gasteiger partial charge in [0.25, 0.3) is 0 Å². The lowest BCUT2D eigenvalue weighted by molar-refractivity contribution is -0.128. The maximum absolute atomic E-state index is 12.9. The molecule has 2 amide bonds. The van der Waals surface area contributed by atoms with Crippen LogP contribution in [0.4, 0.5) is 0 Å². The van der Waals surface area contributed by atoms with Crippen LogP contribution in [0.5, 0.6) is 0 Å². The first-order valence-electron chi connectivity index (χ1n) is 11.2. The highest BCUT2D eigenvalue weighted by molar-refractivity contribution is 7.89. The standard InChI is InChI=1S/C24H28ClN3O4S/c25-21-9-11-22(12-10-21)33(31,32)28-14-1-3-20(17-28)24(30)26-15-18-5-7-19(8-6-18)16-27-13-2-4-23(27)29/h5-12,20H,1-4,13-17H2,(H,26,30). The fourth-order valence-electron chi connectivity index (χ4n) is 4.32.